The number of hydrogen-bond donors (Lipinski definition) is 2. The molecule has 0 saturated heterocycles. The molecule has 0 amide bonds. The van der Waals surface area contributed by atoms with Gasteiger partial charge in [0.05, 0.1) is 5.52 Å². The molecule has 0 aliphatic rings. The third kappa shape index (κ3) is 1.77. The quantitative estimate of drug-likeness (QED) is 0.510. The van der Waals surface area contributed by atoms with Crippen LogP contribution in [0.25, 0.3) is 33.7 Å². The lowest BCUT2D eigenvalue weighted by Crippen LogP contribution is -1.81. The molecule has 0 fully saturated rings. The molecule has 4 rings (SSSR count). The minimum atomic E-state index is 0.693. The minimum Gasteiger partial charge on any atom is -0.332 e. The van der Waals surface area contributed by atoms with E-state index < -0.39 is 0 Å². The predicted molar refractivity (Wildman–Crippen MR) is 79.5 cm³/mol. The zero-order valence-corrected chi connectivity index (χ0v) is 11.7. The van der Waals surface area contributed by atoms with Gasteiger partial charge < -0.3 is 9.97 Å². The fourth-order valence-electron chi connectivity index (χ4n) is 1.98. The Labute approximate surface area is 120 Å². The van der Waals surface area contributed by atoms with Gasteiger partial charge in [0, 0.05) is 18.0 Å². The number of imidazole rings is 2. The van der Waals surface area contributed by atoms with Gasteiger partial charge in [-0.1, -0.05) is 0 Å². The fraction of sp³-hybridized carbons (Fsp3) is 0. The van der Waals surface area contributed by atoms with Crippen LogP contribution in [0.1, 0.15) is 0 Å². The van der Waals surface area contributed by atoms with Gasteiger partial charge in [-0.25, -0.2) is 15.0 Å². The second kappa shape index (κ2) is 3.98. The highest BCUT2D eigenvalue weighted by Gasteiger charge is 2.09. The molecule has 0 unspecified atom stereocenters. The first-order chi connectivity index (χ1) is 9.29. The van der Waals surface area contributed by atoms with Gasteiger partial charge in [0.25, 0.3) is 0 Å². The molecule has 0 radical (unpaired) electrons. The van der Waals surface area contributed by atoms with Gasteiger partial charge in [-0.05, 0) is 40.8 Å². The molecule has 0 aromatic carbocycles. The third-order valence-electron chi connectivity index (χ3n) is 2.83. The second-order valence-electron chi connectivity index (χ2n) is 4.08. The van der Waals surface area contributed by atoms with Gasteiger partial charge in [-0.15, -0.1) is 0 Å². The Morgan fingerprint density at radius 1 is 1.11 bits per heavy atom. The van der Waals surface area contributed by atoms with Crippen molar-refractivity contribution < 1.29 is 0 Å². The van der Waals surface area contributed by atoms with Crippen LogP contribution in [0.15, 0.2) is 30.6 Å². The van der Waals surface area contributed by atoms with E-state index in [1.165, 1.54) is 0 Å². The summed E-state index contributed by atoms with van der Waals surface area (Å²) in [6, 6.07) is 5.78. The van der Waals surface area contributed by atoms with E-state index in [4.69, 9.17) is 0 Å². The first kappa shape index (κ1) is 10.9. The molecule has 2 N–H and O–H groups in total. The number of rotatable bonds is 1. The van der Waals surface area contributed by atoms with Crippen molar-refractivity contribution in [2.75, 3.05) is 0 Å². The van der Waals surface area contributed by atoms with Gasteiger partial charge >= 0.3 is 0 Å². The number of H-pyrrole nitrogens is 2. The summed E-state index contributed by atoms with van der Waals surface area (Å²) in [7, 11) is 0. The number of nitrogens with zero attached hydrogens (tertiary/aromatic N) is 4. The minimum absolute atomic E-state index is 0.693. The first-order valence-electron chi connectivity index (χ1n) is 5.62. The lowest BCUT2D eigenvalue weighted by atomic mass is 10.3. The molecule has 0 bridgehead atoms. The molecule has 0 aliphatic heterocycles. The molecule has 0 atom stereocenters. The van der Waals surface area contributed by atoms with Gasteiger partial charge in [0.15, 0.2) is 15.1 Å². The molecule has 19 heavy (non-hydrogen) atoms. The maximum Gasteiger partial charge on any atom is 0.180 e. The largest absolute Gasteiger partial charge is 0.332 e. The maximum absolute atomic E-state index is 4.53. The third-order valence-corrected chi connectivity index (χ3v) is 3.34. The molecule has 6 nitrogen and oxygen atoms in total. The van der Waals surface area contributed by atoms with E-state index in [-0.39, 0.29) is 0 Å². The summed E-state index contributed by atoms with van der Waals surface area (Å²) in [6.45, 7) is 0. The predicted octanol–water partition coefficient (Wildman–Crippen LogP) is 2.50. The van der Waals surface area contributed by atoms with Crippen molar-refractivity contribution in [3.8, 4) is 11.4 Å². The first-order valence-corrected chi connectivity index (χ1v) is 6.70. The number of aromatic amines is 2. The Morgan fingerprint density at radius 3 is 2.89 bits per heavy atom. The van der Waals surface area contributed by atoms with Crippen LogP contribution < -0.4 is 0 Å². The number of hydrogen-bond acceptors (Lipinski definition) is 4. The average Bonchev–Trinajstić information content (AvgIpc) is 2.98. The molecule has 0 aliphatic carbocycles. The van der Waals surface area contributed by atoms with Crippen molar-refractivity contribution in [3.63, 3.8) is 0 Å². The number of aromatic nitrogens is 6. The van der Waals surface area contributed by atoms with E-state index in [1.807, 2.05) is 18.2 Å². The lowest BCUT2D eigenvalue weighted by Gasteiger charge is -1.92. The highest BCUT2D eigenvalue weighted by molar-refractivity contribution is 14.1. The summed E-state index contributed by atoms with van der Waals surface area (Å²) in [5, 5.41) is 0. The van der Waals surface area contributed by atoms with Crippen LogP contribution in [0.5, 0.6) is 0 Å². The summed E-state index contributed by atoms with van der Waals surface area (Å²) in [6.07, 6.45) is 3.50. The zero-order valence-electron chi connectivity index (χ0n) is 9.55. The monoisotopic (exact) mass is 362 g/mol. The summed E-state index contributed by atoms with van der Waals surface area (Å²) in [5.41, 5.74) is 4.06. The maximum atomic E-state index is 4.53. The van der Waals surface area contributed by atoms with E-state index in [0.717, 1.165) is 31.9 Å². The Kier molecular flexibility index (Phi) is 2.28. The SMILES string of the molecule is Ic1nc2nc3[nH]c(-c4cccnc4)nc3cc2[nH]1. The number of nitrogens with one attached hydrogen (secondary N) is 2. The van der Waals surface area contributed by atoms with Crippen LogP contribution >= 0.6 is 22.6 Å². The second-order valence-corrected chi connectivity index (χ2v) is 5.10. The number of fused-ring (bicyclic) bond motifs is 2. The van der Waals surface area contributed by atoms with Gasteiger partial charge in [-0.3, -0.25) is 4.98 Å². The Balaban J connectivity index is 1.96. The van der Waals surface area contributed by atoms with Crippen LogP contribution in [0.4, 0.5) is 0 Å². The molecule has 92 valence electrons. The Morgan fingerprint density at radius 2 is 2.05 bits per heavy atom. The molecule has 0 saturated carbocycles. The fourth-order valence-corrected chi connectivity index (χ4v) is 2.50. The van der Waals surface area contributed by atoms with Crippen LogP contribution in [0, 0.1) is 3.83 Å². The van der Waals surface area contributed by atoms with E-state index in [0.29, 0.717) is 5.65 Å². The summed E-state index contributed by atoms with van der Waals surface area (Å²) >= 11 is 2.13. The van der Waals surface area contributed by atoms with Crippen LogP contribution in [-0.4, -0.2) is 29.9 Å². The van der Waals surface area contributed by atoms with E-state index >= 15 is 0 Å². The average molecular weight is 362 g/mol. The molecular formula is C12H7IN6. The van der Waals surface area contributed by atoms with Crippen molar-refractivity contribution in [1.29, 1.82) is 0 Å². The van der Waals surface area contributed by atoms with Crippen molar-refractivity contribution in [2.24, 2.45) is 0 Å². The molecular weight excluding hydrogens is 355 g/mol. The van der Waals surface area contributed by atoms with Crippen molar-refractivity contribution in [3.05, 3.63) is 34.4 Å². The zero-order chi connectivity index (χ0) is 12.8. The summed E-state index contributed by atoms with van der Waals surface area (Å²) in [5.74, 6) is 0.762. The smallest absolute Gasteiger partial charge is 0.180 e. The van der Waals surface area contributed by atoms with Crippen LogP contribution in [0.3, 0.4) is 0 Å². The highest BCUT2D eigenvalue weighted by Crippen LogP contribution is 2.21. The summed E-state index contributed by atoms with van der Waals surface area (Å²) in [4.78, 5) is 23.7. The van der Waals surface area contributed by atoms with Gasteiger partial charge in [-0.2, -0.15) is 0 Å². The van der Waals surface area contributed by atoms with E-state index in [9.17, 15) is 0 Å². The lowest BCUT2D eigenvalue weighted by molar-refractivity contribution is 1.23. The molecule has 4 aromatic rings. The standard InChI is InChI=1S/C12H7IN6/c13-12-16-8-4-7-10(18-11(8)19-12)17-9(15-7)6-2-1-3-14-5-6/h1-5H,(H2,15,16,17,18,19). The topological polar surface area (TPSA) is 83.1 Å². The number of halogens is 1. The normalized spacial score (nSPS) is 11.4. The molecule has 7 heteroatoms. The Hall–Kier alpha value is -2.03. The van der Waals surface area contributed by atoms with Crippen LogP contribution in [0.2, 0.25) is 0 Å². The van der Waals surface area contributed by atoms with Gasteiger partial charge in [0.2, 0.25) is 0 Å². The number of pyridine rings is 2. The van der Waals surface area contributed by atoms with Gasteiger partial charge in [0.1, 0.15) is 11.3 Å². The van der Waals surface area contributed by atoms with Crippen molar-refractivity contribution in [2.45, 2.75) is 0 Å². The molecule has 0 spiro atoms. The Bertz CT molecular complexity index is 828. The van der Waals surface area contributed by atoms with E-state index in [2.05, 4.69) is 52.5 Å². The van der Waals surface area contributed by atoms with E-state index in [1.54, 1.807) is 12.4 Å². The summed E-state index contributed by atoms with van der Waals surface area (Å²) < 4.78 is 0.820. The molecule has 4 heterocycles. The molecule has 4 aromatic heterocycles. The van der Waals surface area contributed by atoms with Crippen molar-refractivity contribution >= 4 is 44.9 Å². The van der Waals surface area contributed by atoms with Crippen LogP contribution in [-0.2, 0) is 0 Å². The highest BCUT2D eigenvalue weighted by atomic mass is 127. The van der Waals surface area contributed by atoms with Crippen molar-refractivity contribution in [1.82, 2.24) is 29.9 Å².